The summed E-state index contributed by atoms with van der Waals surface area (Å²) in [6.45, 7) is 2.53. The number of aliphatic hydroxyl groups is 1. The second-order valence-electron chi connectivity index (χ2n) is 8.50. The van der Waals surface area contributed by atoms with E-state index in [1.54, 1.807) is 0 Å². The Morgan fingerprint density at radius 1 is 1.26 bits per heavy atom. The fourth-order valence-electron chi connectivity index (χ4n) is 4.75. The van der Waals surface area contributed by atoms with E-state index in [-0.39, 0.29) is 30.4 Å². The minimum absolute atomic E-state index is 0.000299. The van der Waals surface area contributed by atoms with Crippen LogP contribution < -0.4 is 0 Å². The number of ether oxygens (including phenoxy) is 2. The quantitative estimate of drug-likeness (QED) is 0.634. The lowest BCUT2D eigenvalue weighted by Crippen LogP contribution is -2.43. The number of rotatable bonds is 8. The molecule has 5 heteroatoms. The molecule has 1 amide bonds. The normalized spacial score (nSPS) is 24.1. The van der Waals surface area contributed by atoms with Crippen molar-refractivity contribution in [3.63, 3.8) is 0 Å². The highest BCUT2D eigenvalue weighted by Crippen LogP contribution is 2.40. The van der Waals surface area contributed by atoms with Gasteiger partial charge in [-0.15, -0.1) is 6.42 Å². The molecule has 1 heterocycles. The molecule has 3 atom stereocenters. The van der Waals surface area contributed by atoms with Crippen molar-refractivity contribution < 1.29 is 19.4 Å². The number of amides is 1. The van der Waals surface area contributed by atoms with Crippen LogP contribution in [0.3, 0.4) is 0 Å². The molecule has 0 unspecified atom stereocenters. The van der Waals surface area contributed by atoms with Gasteiger partial charge in [0.05, 0.1) is 0 Å². The summed E-state index contributed by atoms with van der Waals surface area (Å²) in [6.07, 6.45) is 14.0. The summed E-state index contributed by atoms with van der Waals surface area (Å²) in [5.41, 5.74) is 1.89. The molecule has 1 N–H and O–H groups in total. The first-order chi connectivity index (χ1) is 15.1. The third kappa shape index (κ3) is 5.70. The number of likely N-dealkylation sites (N-methyl/N-ethyl adjacent to an activating group) is 1. The molecule has 0 radical (unpaired) electrons. The van der Waals surface area contributed by atoms with Crippen molar-refractivity contribution in [2.24, 2.45) is 5.92 Å². The van der Waals surface area contributed by atoms with Gasteiger partial charge in [-0.3, -0.25) is 4.79 Å². The van der Waals surface area contributed by atoms with Crippen LogP contribution in [0.4, 0.5) is 0 Å². The molecule has 1 saturated carbocycles. The highest BCUT2D eigenvalue weighted by atomic mass is 16.7. The van der Waals surface area contributed by atoms with Gasteiger partial charge in [-0.1, -0.05) is 37.3 Å². The van der Waals surface area contributed by atoms with Crippen molar-refractivity contribution >= 4 is 5.91 Å². The standard InChI is InChI=1S/C26H35NO4/c1-4-19-13-15-20(16-14-19)23-18-24(25(29)27(3)21-10-7-6-8-11-21)31-26(30-5-2)22(23)12-9-17-28/h1,13-16,18,21-23,26,28H,5-12,17H2,2-3H3/t22-,23+,26+/m0/s1. The van der Waals surface area contributed by atoms with E-state index in [9.17, 15) is 9.90 Å². The maximum atomic E-state index is 13.4. The van der Waals surface area contributed by atoms with Crippen molar-refractivity contribution in [2.75, 3.05) is 20.3 Å². The Bertz CT molecular complexity index is 789. The van der Waals surface area contributed by atoms with E-state index in [4.69, 9.17) is 15.9 Å². The summed E-state index contributed by atoms with van der Waals surface area (Å²) in [4.78, 5) is 15.2. The average Bonchev–Trinajstić information content (AvgIpc) is 2.82. The van der Waals surface area contributed by atoms with Gasteiger partial charge >= 0.3 is 0 Å². The Labute approximate surface area is 186 Å². The molecule has 0 spiro atoms. The third-order valence-corrected chi connectivity index (χ3v) is 6.53. The molecule has 0 saturated heterocycles. The molecule has 1 fully saturated rings. The van der Waals surface area contributed by atoms with Gasteiger partial charge in [-0.05, 0) is 56.4 Å². The Morgan fingerprint density at radius 3 is 2.58 bits per heavy atom. The number of hydrogen-bond acceptors (Lipinski definition) is 4. The zero-order chi connectivity index (χ0) is 22.2. The maximum absolute atomic E-state index is 13.4. The molecule has 0 aromatic heterocycles. The third-order valence-electron chi connectivity index (χ3n) is 6.53. The average molecular weight is 426 g/mol. The van der Waals surface area contributed by atoms with Crippen LogP contribution in [0.15, 0.2) is 36.1 Å². The predicted octanol–water partition coefficient (Wildman–Crippen LogP) is 4.21. The number of allylic oxidation sites excluding steroid dienone is 1. The van der Waals surface area contributed by atoms with Gasteiger partial charge in [0.15, 0.2) is 5.76 Å². The SMILES string of the molecule is C#Cc1ccc([C@H]2C=C(C(=O)N(C)C3CCCCC3)O[C@@H](OCC)[C@H]2CCCO)cc1. The van der Waals surface area contributed by atoms with E-state index < -0.39 is 6.29 Å². The molecule has 1 aromatic carbocycles. The van der Waals surface area contributed by atoms with E-state index in [2.05, 4.69) is 5.92 Å². The zero-order valence-corrected chi connectivity index (χ0v) is 18.8. The molecule has 2 aliphatic rings. The smallest absolute Gasteiger partial charge is 0.288 e. The summed E-state index contributed by atoms with van der Waals surface area (Å²) in [5, 5.41) is 9.42. The Kier molecular flexibility index (Phi) is 8.57. The molecule has 0 bridgehead atoms. The Balaban J connectivity index is 1.92. The van der Waals surface area contributed by atoms with Crippen molar-refractivity contribution in [1.29, 1.82) is 0 Å². The van der Waals surface area contributed by atoms with Crippen molar-refractivity contribution in [3.8, 4) is 12.3 Å². The number of benzene rings is 1. The van der Waals surface area contributed by atoms with Crippen LogP contribution in [0.2, 0.25) is 0 Å². The van der Waals surface area contributed by atoms with Gasteiger partial charge in [0.2, 0.25) is 6.29 Å². The van der Waals surface area contributed by atoms with Crippen LogP contribution in [-0.4, -0.2) is 48.5 Å². The molecule has 1 aromatic rings. The van der Waals surface area contributed by atoms with E-state index in [0.717, 1.165) is 43.2 Å². The van der Waals surface area contributed by atoms with E-state index >= 15 is 0 Å². The zero-order valence-electron chi connectivity index (χ0n) is 18.8. The second kappa shape index (κ2) is 11.4. The van der Waals surface area contributed by atoms with Crippen molar-refractivity contribution in [2.45, 2.75) is 70.1 Å². The fraction of sp³-hybridized carbons (Fsp3) is 0.577. The molecular formula is C26H35NO4. The number of carbonyl (C=O) groups is 1. The van der Waals surface area contributed by atoms with Gasteiger partial charge in [-0.2, -0.15) is 0 Å². The van der Waals surface area contributed by atoms with E-state index in [0.29, 0.717) is 18.8 Å². The van der Waals surface area contributed by atoms with E-state index in [1.165, 1.54) is 6.42 Å². The van der Waals surface area contributed by atoms with Crippen LogP contribution in [0, 0.1) is 18.3 Å². The maximum Gasteiger partial charge on any atom is 0.288 e. The monoisotopic (exact) mass is 425 g/mol. The number of aliphatic hydroxyl groups excluding tert-OH is 1. The minimum atomic E-state index is -0.530. The van der Waals surface area contributed by atoms with Gasteiger partial charge in [0, 0.05) is 43.7 Å². The van der Waals surface area contributed by atoms with Gasteiger partial charge in [-0.25, -0.2) is 0 Å². The van der Waals surface area contributed by atoms with Crippen LogP contribution in [0.25, 0.3) is 0 Å². The lowest BCUT2D eigenvalue weighted by molar-refractivity contribution is -0.170. The summed E-state index contributed by atoms with van der Waals surface area (Å²) in [7, 11) is 1.88. The van der Waals surface area contributed by atoms with Crippen molar-refractivity contribution in [1.82, 2.24) is 4.90 Å². The summed E-state index contributed by atoms with van der Waals surface area (Å²) < 4.78 is 12.1. The van der Waals surface area contributed by atoms with Crippen LogP contribution >= 0.6 is 0 Å². The topological polar surface area (TPSA) is 59.0 Å². The number of hydrogen-bond donors (Lipinski definition) is 1. The summed E-state index contributed by atoms with van der Waals surface area (Å²) in [5.74, 6) is 2.88. The Morgan fingerprint density at radius 2 is 1.97 bits per heavy atom. The van der Waals surface area contributed by atoms with Gasteiger partial charge in [0.1, 0.15) is 0 Å². The van der Waals surface area contributed by atoms with Crippen LogP contribution in [-0.2, 0) is 14.3 Å². The first-order valence-corrected chi connectivity index (χ1v) is 11.5. The number of terminal acetylenes is 1. The number of carbonyl (C=O) groups excluding carboxylic acids is 1. The highest BCUT2D eigenvalue weighted by Gasteiger charge is 2.39. The van der Waals surface area contributed by atoms with Crippen molar-refractivity contribution in [3.05, 3.63) is 47.2 Å². The molecule has 3 rings (SSSR count). The van der Waals surface area contributed by atoms with Crippen LogP contribution in [0.1, 0.15) is 68.9 Å². The fourth-order valence-corrected chi connectivity index (χ4v) is 4.75. The Hall–Kier alpha value is -2.29. The molecule has 31 heavy (non-hydrogen) atoms. The lowest BCUT2D eigenvalue weighted by Gasteiger charge is -2.39. The van der Waals surface area contributed by atoms with Gasteiger partial charge in [0.25, 0.3) is 5.91 Å². The molecule has 1 aliphatic heterocycles. The first-order valence-electron chi connectivity index (χ1n) is 11.5. The van der Waals surface area contributed by atoms with E-state index in [1.807, 2.05) is 49.2 Å². The predicted molar refractivity (Wildman–Crippen MR) is 121 cm³/mol. The largest absolute Gasteiger partial charge is 0.459 e. The minimum Gasteiger partial charge on any atom is -0.459 e. The summed E-state index contributed by atoms with van der Waals surface area (Å²) >= 11 is 0. The lowest BCUT2D eigenvalue weighted by atomic mass is 9.80. The molecular weight excluding hydrogens is 390 g/mol. The summed E-state index contributed by atoms with van der Waals surface area (Å²) in [6, 6.07) is 8.14. The molecule has 1 aliphatic carbocycles. The number of nitrogens with zero attached hydrogens (tertiary/aromatic N) is 1. The van der Waals surface area contributed by atoms with Crippen LogP contribution in [0.5, 0.6) is 0 Å². The first kappa shape index (κ1) is 23.4. The molecule has 5 nitrogen and oxygen atoms in total. The van der Waals surface area contributed by atoms with Gasteiger partial charge < -0.3 is 19.5 Å². The molecule has 168 valence electrons. The second-order valence-corrected chi connectivity index (χ2v) is 8.50. The highest BCUT2D eigenvalue weighted by molar-refractivity contribution is 5.91.